The number of rotatable bonds is 9. The molecule has 16 heteroatoms. The standard InChI is InChI=1S/C28H23ClF5N5O3S2/c29-23-8-9-25(43-23)44(41,42)39-16-27(30,31)13-22(39)26(40)37-14-17-11-21(18-4-6-19(7-5-18)28(32,33)34)38-24(12-17)36-15-20-3-1-2-10-35-20/h1-12,22H,13-16H2,(H,36,38)(H,37,40)/t22-/m0/s1. The molecule has 1 saturated heterocycles. The first-order chi connectivity index (χ1) is 20.7. The molecule has 1 aliphatic rings. The van der Waals surface area contributed by atoms with Crippen molar-refractivity contribution < 1.29 is 35.2 Å². The lowest BCUT2D eigenvalue weighted by Gasteiger charge is -2.22. The van der Waals surface area contributed by atoms with Crippen molar-refractivity contribution >= 4 is 44.7 Å². The van der Waals surface area contributed by atoms with Crippen LogP contribution in [0, 0.1) is 0 Å². The molecule has 0 unspecified atom stereocenters. The summed E-state index contributed by atoms with van der Waals surface area (Å²) in [6, 6.07) is 13.6. The first-order valence-electron chi connectivity index (χ1n) is 13.0. The van der Waals surface area contributed by atoms with Crippen molar-refractivity contribution in [1.29, 1.82) is 0 Å². The van der Waals surface area contributed by atoms with Gasteiger partial charge in [-0.1, -0.05) is 29.8 Å². The molecule has 2 N–H and O–H groups in total. The van der Waals surface area contributed by atoms with Crippen molar-refractivity contribution in [3.05, 3.63) is 94.1 Å². The third-order valence-electron chi connectivity index (χ3n) is 6.68. The van der Waals surface area contributed by atoms with Crippen LogP contribution in [0.25, 0.3) is 11.3 Å². The maximum absolute atomic E-state index is 14.4. The van der Waals surface area contributed by atoms with Gasteiger partial charge in [0.25, 0.3) is 15.9 Å². The molecule has 232 valence electrons. The van der Waals surface area contributed by atoms with Gasteiger partial charge in [-0.05, 0) is 54.1 Å². The van der Waals surface area contributed by atoms with E-state index in [0.29, 0.717) is 38.3 Å². The van der Waals surface area contributed by atoms with Crippen LogP contribution in [0.1, 0.15) is 23.2 Å². The molecule has 0 aliphatic carbocycles. The molecular weight excluding hydrogens is 649 g/mol. The second-order valence-corrected chi connectivity index (χ2v) is 13.7. The number of nitrogens with one attached hydrogen (secondary N) is 2. The number of alkyl halides is 5. The lowest BCUT2D eigenvalue weighted by atomic mass is 10.1. The average Bonchev–Trinajstić information content (AvgIpc) is 3.58. The number of pyridine rings is 2. The Kier molecular flexibility index (Phi) is 8.94. The lowest BCUT2D eigenvalue weighted by Crippen LogP contribution is -2.45. The molecule has 5 rings (SSSR count). The first kappa shape index (κ1) is 31.8. The van der Waals surface area contributed by atoms with Crippen LogP contribution in [0.15, 0.2) is 77.1 Å². The fourth-order valence-corrected chi connectivity index (χ4v) is 7.79. The monoisotopic (exact) mass is 671 g/mol. The molecule has 1 amide bonds. The number of carbonyl (C=O) groups excluding carboxylic acids is 1. The molecule has 1 aliphatic heterocycles. The van der Waals surface area contributed by atoms with Gasteiger partial charge < -0.3 is 10.6 Å². The van der Waals surface area contributed by atoms with Crippen LogP contribution in [0.2, 0.25) is 4.34 Å². The topological polar surface area (TPSA) is 104 Å². The molecule has 4 aromatic rings. The van der Waals surface area contributed by atoms with Gasteiger partial charge in [0.2, 0.25) is 5.91 Å². The highest BCUT2D eigenvalue weighted by atomic mass is 35.5. The highest BCUT2D eigenvalue weighted by Crippen LogP contribution is 2.38. The normalized spacial score (nSPS) is 17.0. The predicted molar refractivity (Wildman–Crippen MR) is 155 cm³/mol. The van der Waals surface area contributed by atoms with Crippen molar-refractivity contribution in [1.82, 2.24) is 19.6 Å². The van der Waals surface area contributed by atoms with Crippen LogP contribution in [0.4, 0.5) is 27.8 Å². The average molecular weight is 672 g/mol. The highest BCUT2D eigenvalue weighted by molar-refractivity contribution is 7.91. The van der Waals surface area contributed by atoms with Crippen LogP contribution in [-0.2, 0) is 34.1 Å². The number of sulfonamides is 1. The minimum atomic E-state index is -4.53. The van der Waals surface area contributed by atoms with E-state index < -0.39 is 52.6 Å². The minimum absolute atomic E-state index is 0.143. The molecule has 0 radical (unpaired) electrons. The molecule has 1 fully saturated rings. The summed E-state index contributed by atoms with van der Waals surface area (Å²) in [5.41, 5.74) is 0.904. The Balaban J connectivity index is 1.39. The summed E-state index contributed by atoms with van der Waals surface area (Å²) in [5, 5.41) is 5.61. The van der Waals surface area contributed by atoms with E-state index in [2.05, 4.69) is 20.6 Å². The summed E-state index contributed by atoms with van der Waals surface area (Å²) in [5.74, 6) is -4.07. The zero-order valence-corrected chi connectivity index (χ0v) is 24.9. The van der Waals surface area contributed by atoms with E-state index in [1.165, 1.54) is 30.3 Å². The molecule has 1 atom stereocenters. The maximum Gasteiger partial charge on any atom is 0.416 e. The van der Waals surface area contributed by atoms with E-state index in [1.54, 1.807) is 30.5 Å². The Morgan fingerprint density at radius 3 is 2.45 bits per heavy atom. The zero-order valence-electron chi connectivity index (χ0n) is 22.5. The number of halogens is 6. The van der Waals surface area contributed by atoms with Gasteiger partial charge in [0, 0.05) is 24.7 Å². The van der Waals surface area contributed by atoms with Gasteiger partial charge in [-0.25, -0.2) is 22.2 Å². The quantitative estimate of drug-likeness (QED) is 0.205. The van der Waals surface area contributed by atoms with E-state index in [1.807, 2.05) is 0 Å². The Bertz CT molecular complexity index is 1750. The fraction of sp³-hybridized carbons (Fsp3) is 0.250. The van der Waals surface area contributed by atoms with Crippen LogP contribution in [0.3, 0.4) is 0 Å². The van der Waals surface area contributed by atoms with Gasteiger partial charge in [0.15, 0.2) is 0 Å². The third kappa shape index (κ3) is 7.34. The van der Waals surface area contributed by atoms with E-state index in [0.717, 1.165) is 12.1 Å². The van der Waals surface area contributed by atoms with Crippen LogP contribution in [-0.4, -0.2) is 47.1 Å². The van der Waals surface area contributed by atoms with Crippen molar-refractivity contribution in [3.63, 3.8) is 0 Å². The van der Waals surface area contributed by atoms with E-state index in [-0.39, 0.29) is 27.3 Å². The van der Waals surface area contributed by atoms with Gasteiger partial charge in [0.1, 0.15) is 16.1 Å². The molecule has 0 spiro atoms. The SMILES string of the molecule is O=C(NCc1cc(NCc2ccccn2)nc(-c2ccc(C(F)(F)F)cc2)c1)[C@@H]1CC(F)(F)CN1S(=O)(=O)c1ccc(Cl)s1. The molecular formula is C28H23ClF5N5O3S2. The third-order valence-corrected chi connectivity index (χ3v) is 10.2. The Labute approximate surface area is 258 Å². The number of carbonyl (C=O) groups is 1. The fourth-order valence-electron chi connectivity index (χ4n) is 4.56. The molecule has 44 heavy (non-hydrogen) atoms. The number of hydrogen-bond acceptors (Lipinski definition) is 7. The Morgan fingerprint density at radius 1 is 1.07 bits per heavy atom. The molecule has 4 heterocycles. The number of nitrogens with zero attached hydrogens (tertiary/aromatic N) is 3. The van der Waals surface area contributed by atoms with Crippen LogP contribution >= 0.6 is 22.9 Å². The van der Waals surface area contributed by atoms with Gasteiger partial charge in [-0.15, -0.1) is 11.3 Å². The Hall–Kier alpha value is -3.66. The molecule has 8 nitrogen and oxygen atoms in total. The molecule has 3 aromatic heterocycles. The largest absolute Gasteiger partial charge is 0.416 e. The lowest BCUT2D eigenvalue weighted by molar-refractivity contribution is -0.137. The van der Waals surface area contributed by atoms with E-state index in [9.17, 15) is 35.2 Å². The van der Waals surface area contributed by atoms with Gasteiger partial charge in [-0.2, -0.15) is 17.5 Å². The number of anilines is 1. The van der Waals surface area contributed by atoms with E-state index in [4.69, 9.17) is 11.6 Å². The second kappa shape index (κ2) is 12.4. The molecule has 1 aromatic carbocycles. The van der Waals surface area contributed by atoms with Crippen molar-refractivity contribution in [2.75, 3.05) is 11.9 Å². The summed E-state index contributed by atoms with van der Waals surface area (Å²) < 4.78 is 94.8. The molecule has 0 bridgehead atoms. The summed E-state index contributed by atoms with van der Waals surface area (Å²) in [4.78, 5) is 21.9. The van der Waals surface area contributed by atoms with Gasteiger partial charge >= 0.3 is 6.18 Å². The van der Waals surface area contributed by atoms with Crippen molar-refractivity contribution in [3.8, 4) is 11.3 Å². The predicted octanol–water partition coefficient (Wildman–Crippen LogP) is 6.20. The zero-order chi connectivity index (χ0) is 31.7. The number of amides is 1. The maximum atomic E-state index is 14.4. The summed E-state index contributed by atoms with van der Waals surface area (Å²) in [6.45, 7) is -1.13. The smallest absolute Gasteiger partial charge is 0.364 e. The summed E-state index contributed by atoms with van der Waals surface area (Å²) >= 11 is 6.54. The number of hydrogen-bond donors (Lipinski definition) is 2. The highest BCUT2D eigenvalue weighted by Gasteiger charge is 2.53. The van der Waals surface area contributed by atoms with E-state index >= 15 is 0 Å². The summed E-state index contributed by atoms with van der Waals surface area (Å²) in [6.07, 6.45) is -3.93. The number of aromatic nitrogens is 2. The van der Waals surface area contributed by atoms with Gasteiger partial charge in [-0.3, -0.25) is 9.78 Å². The minimum Gasteiger partial charge on any atom is -0.364 e. The van der Waals surface area contributed by atoms with Crippen LogP contribution < -0.4 is 10.6 Å². The van der Waals surface area contributed by atoms with Crippen molar-refractivity contribution in [2.45, 2.75) is 41.9 Å². The Morgan fingerprint density at radius 2 is 1.82 bits per heavy atom. The summed E-state index contributed by atoms with van der Waals surface area (Å²) in [7, 11) is -4.44. The van der Waals surface area contributed by atoms with Crippen LogP contribution in [0.5, 0.6) is 0 Å². The van der Waals surface area contributed by atoms with Crippen molar-refractivity contribution in [2.24, 2.45) is 0 Å². The molecule has 0 saturated carbocycles. The van der Waals surface area contributed by atoms with Gasteiger partial charge in [0.05, 0.1) is 34.4 Å². The number of benzene rings is 1. The second-order valence-electron chi connectivity index (χ2n) is 9.90. The first-order valence-corrected chi connectivity index (χ1v) is 15.6. The number of thiophene rings is 1.